The SMILES string of the molecule is COC(=O)C(N)Cc1ccccc1.O=C(O)[C@H]1CCCN1. The smallest absolute Gasteiger partial charge is 0.322 e. The fourth-order valence-electron chi connectivity index (χ4n) is 2.00. The zero-order valence-corrected chi connectivity index (χ0v) is 12.1. The fraction of sp³-hybridized carbons (Fsp3) is 0.467. The van der Waals surface area contributed by atoms with Gasteiger partial charge in [0.25, 0.3) is 0 Å². The van der Waals surface area contributed by atoms with Crippen LogP contribution in [0.15, 0.2) is 30.3 Å². The van der Waals surface area contributed by atoms with Crippen molar-refractivity contribution < 1.29 is 19.4 Å². The highest BCUT2D eigenvalue weighted by Gasteiger charge is 2.20. The number of methoxy groups -OCH3 is 1. The molecule has 1 aliphatic rings. The van der Waals surface area contributed by atoms with Crippen LogP contribution >= 0.6 is 0 Å². The van der Waals surface area contributed by atoms with Crippen LogP contribution in [0.25, 0.3) is 0 Å². The number of esters is 1. The molecular formula is C15H22N2O4. The molecule has 6 heteroatoms. The molecule has 1 unspecified atom stereocenters. The van der Waals surface area contributed by atoms with Gasteiger partial charge in [-0.25, -0.2) is 0 Å². The maximum atomic E-state index is 11.0. The van der Waals surface area contributed by atoms with Gasteiger partial charge in [-0.3, -0.25) is 9.59 Å². The van der Waals surface area contributed by atoms with E-state index in [1.54, 1.807) is 0 Å². The van der Waals surface area contributed by atoms with Crippen LogP contribution < -0.4 is 11.1 Å². The van der Waals surface area contributed by atoms with Gasteiger partial charge in [0.1, 0.15) is 12.1 Å². The number of carbonyl (C=O) groups excluding carboxylic acids is 1. The van der Waals surface area contributed by atoms with Crippen molar-refractivity contribution in [1.82, 2.24) is 5.32 Å². The standard InChI is InChI=1S/C10H13NO2.C5H9NO2/c1-13-10(12)9(11)7-8-5-3-2-4-6-8;7-5(8)4-2-1-3-6-4/h2-6,9H,7,11H2,1H3;4,6H,1-3H2,(H,7,8)/t;4-/m.1/s1. The second-order valence-electron chi connectivity index (χ2n) is 4.81. The third kappa shape index (κ3) is 6.37. The Kier molecular flexibility index (Phi) is 7.42. The summed E-state index contributed by atoms with van der Waals surface area (Å²) in [5, 5.41) is 11.2. The highest BCUT2D eigenvalue weighted by Crippen LogP contribution is 2.03. The maximum Gasteiger partial charge on any atom is 0.322 e. The molecule has 1 aromatic carbocycles. The topological polar surface area (TPSA) is 102 Å². The van der Waals surface area contributed by atoms with E-state index in [1.807, 2.05) is 30.3 Å². The second kappa shape index (κ2) is 9.10. The number of benzene rings is 1. The summed E-state index contributed by atoms with van der Waals surface area (Å²) in [4.78, 5) is 21.1. The van der Waals surface area contributed by atoms with Crippen LogP contribution in [0.4, 0.5) is 0 Å². The molecule has 21 heavy (non-hydrogen) atoms. The molecule has 1 heterocycles. The number of hydrogen-bond donors (Lipinski definition) is 3. The Morgan fingerprint density at radius 1 is 1.43 bits per heavy atom. The van der Waals surface area contributed by atoms with Crippen LogP contribution in [0.1, 0.15) is 18.4 Å². The molecular weight excluding hydrogens is 272 g/mol. The predicted octanol–water partition coefficient (Wildman–Crippen LogP) is 0.552. The molecule has 4 N–H and O–H groups in total. The molecule has 0 aromatic heterocycles. The van der Waals surface area contributed by atoms with Crippen LogP contribution in [0, 0.1) is 0 Å². The van der Waals surface area contributed by atoms with E-state index in [-0.39, 0.29) is 12.0 Å². The van der Waals surface area contributed by atoms with Gasteiger partial charge in [0.15, 0.2) is 0 Å². The first kappa shape index (κ1) is 17.1. The highest BCUT2D eigenvalue weighted by molar-refractivity contribution is 5.75. The molecule has 116 valence electrons. The zero-order chi connectivity index (χ0) is 15.7. The summed E-state index contributed by atoms with van der Waals surface area (Å²) in [5.74, 6) is -1.09. The Morgan fingerprint density at radius 2 is 2.10 bits per heavy atom. The van der Waals surface area contributed by atoms with Crippen LogP contribution in [0.3, 0.4) is 0 Å². The number of rotatable bonds is 4. The van der Waals surface area contributed by atoms with Crippen LogP contribution in [-0.2, 0) is 20.7 Å². The molecule has 0 saturated carbocycles. The molecule has 1 fully saturated rings. The Hall–Kier alpha value is -1.92. The van der Waals surface area contributed by atoms with Crippen molar-refractivity contribution in [1.29, 1.82) is 0 Å². The van der Waals surface area contributed by atoms with Gasteiger partial charge in [-0.2, -0.15) is 0 Å². The summed E-state index contributed by atoms with van der Waals surface area (Å²) in [6, 6.07) is 8.79. The number of aliphatic carboxylic acids is 1. The lowest BCUT2D eigenvalue weighted by atomic mass is 10.1. The minimum absolute atomic E-state index is 0.269. The van der Waals surface area contributed by atoms with Gasteiger partial charge >= 0.3 is 11.9 Å². The van der Waals surface area contributed by atoms with Gasteiger partial charge in [-0.05, 0) is 31.4 Å². The lowest BCUT2D eigenvalue weighted by molar-refractivity contribution is -0.142. The molecule has 1 aliphatic heterocycles. The van der Waals surface area contributed by atoms with E-state index in [4.69, 9.17) is 10.8 Å². The summed E-state index contributed by atoms with van der Waals surface area (Å²) in [6.07, 6.45) is 2.31. The first-order valence-electron chi connectivity index (χ1n) is 6.88. The average Bonchev–Trinajstić information content (AvgIpc) is 3.02. The van der Waals surface area contributed by atoms with E-state index < -0.39 is 12.0 Å². The van der Waals surface area contributed by atoms with Crippen molar-refractivity contribution in [2.24, 2.45) is 5.73 Å². The summed E-state index contributed by atoms with van der Waals surface area (Å²) >= 11 is 0. The van der Waals surface area contributed by atoms with Crippen molar-refractivity contribution in [3.05, 3.63) is 35.9 Å². The lowest BCUT2D eigenvalue weighted by Gasteiger charge is -2.08. The minimum Gasteiger partial charge on any atom is -0.480 e. The van der Waals surface area contributed by atoms with Gasteiger partial charge in [0.2, 0.25) is 0 Å². The third-order valence-electron chi connectivity index (χ3n) is 3.16. The molecule has 6 nitrogen and oxygen atoms in total. The van der Waals surface area contributed by atoms with Gasteiger partial charge < -0.3 is 20.9 Å². The Labute approximate surface area is 124 Å². The number of ether oxygens (including phenoxy) is 1. The van der Waals surface area contributed by atoms with Crippen LogP contribution in [-0.4, -0.2) is 42.8 Å². The largest absolute Gasteiger partial charge is 0.480 e. The molecule has 2 atom stereocenters. The molecule has 0 spiro atoms. The molecule has 0 radical (unpaired) electrons. The van der Waals surface area contributed by atoms with Crippen LogP contribution in [0.2, 0.25) is 0 Å². The molecule has 1 saturated heterocycles. The molecule has 1 aromatic rings. The molecule has 0 aliphatic carbocycles. The molecule has 0 bridgehead atoms. The van der Waals surface area contributed by atoms with E-state index in [0.29, 0.717) is 6.42 Å². The quantitative estimate of drug-likeness (QED) is 0.701. The predicted molar refractivity (Wildman–Crippen MR) is 78.8 cm³/mol. The molecule has 0 amide bonds. The lowest BCUT2D eigenvalue weighted by Crippen LogP contribution is -2.33. The fourth-order valence-corrected chi connectivity index (χ4v) is 2.00. The first-order valence-corrected chi connectivity index (χ1v) is 6.88. The van der Waals surface area contributed by atoms with Crippen molar-refractivity contribution in [3.8, 4) is 0 Å². The number of carboxylic acids is 1. The van der Waals surface area contributed by atoms with Gasteiger partial charge in [0, 0.05) is 0 Å². The van der Waals surface area contributed by atoms with Crippen molar-refractivity contribution in [2.75, 3.05) is 13.7 Å². The van der Waals surface area contributed by atoms with E-state index >= 15 is 0 Å². The summed E-state index contributed by atoms with van der Waals surface area (Å²) in [7, 11) is 1.34. The Balaban J connectivity index is 0.000000235. The van der Waals surface area contributed by atoms with E-state index in [0.717, 1.165) is 24.9 Å². The van der Waals surface area contributed by atoms with Crippen molar-refractivity contribution in [2.45, 2.75) is 31.3 Å². The van der Waals surface area contributed by atoms with E-state index in [9.17, 15) is 9.59 Å². The monoisotopic (exact) mass is 294 g/mol. The van der Waals surface area contributed by atoms with E-state index in [2.05, 4.69) is 10.1 Å². The summed E-state index contributed by atoms with van der Waals surface area (Å²) < 4.78 is 4.52. The number of carboxylic acid groups (broad SMARTS) is 1. The Morgan fingerprint density at radius 3 is 2.52 bits per heavy atom. The number of nitrogens with two attached hydrogens (primary N) is 1. The normalized spacial score (nSPS) is 18.3. The van der Waals surface area contributed by atoms with Gasteiger partial charge in [-0.1, -0.05) is 30.3 Å². The number of nitrogens with one attached hydrogen (secondary N) is 1. The third-order valence-corrected chi connectivity index (χ3v) is 3.16. The minimum atomic E-state index is -0.720. The summed E-state index contributed by atoms with van der Waals surface area (Å²) in [5.41, 5.74) is 6.63. The highest BCUT2D eigenvalue weighted by atomic mass is 16.5. The zero-order valence-electron chi connectivity index (χ0n) is 12.1. The van der Waals surface area contributed by atoms with Crippen molar-refractivity contribution in [3.63, 3.8) is 0 Å². The average molecular weight is 294 g/mol. The first-order chi connectivity index (χ1) is 10.0. The number of hydrogen-bond acceptors (Lipinski definition) is 5. The van der Waals surface area contributed by atoms with Crippen LogP contribution in [0.5, 0.6) is 0 Å². The van der Waals surface area contributed by atoms with Gasteiger partial charge in [-0.15, -0.1) is 0 Å². The second-order valence-corrected chi connectivity index (χ2v) is 4.81. The van der Waals surface area contributed by atoms with Gasteiger partial charge in [0.05, 0.1) is 7.11 Å². The Bertz CT molecular complexity index is 444. The van der Waals surface area contributed by atoms with Crippen molar-refractivity contribution >= 4 is 11.9 Å². The molecule has 2 rings (SSSR count). The van der Waals surface area contributed by atoms with E-state index in [1.165, 1.54) is 7.11 Å². The maximum absolute atomic E-state index is 11.0. The number of carbonyl (C=O) groups is 2. The summed E-state index contributed by atoms with van der Waals surface area (Å²) in [6.45, 7) is 0.858.